The Labute approximate surface area is 121 Å². The first kappa shape index (κ1) is 14.2. The number of carbonyl (C=O) groups is 1. The van der Waals surface area contributed by atoms with E-state index in [2.05, 4.69) is 5.32 Å². The molecule has 5 nitrogen and oxygen atoms in total. The highest BCUT2D eigenvalue weighted by Crippen LogP contribution is 2.23. The highest BCUT2D eigenvalue weighted by atomic mass is 32.1. The second-order valence-corrected chi connectivity index (χ2v) is 5.02. The highest BCUT2D eigenvalue weighted by Gasteiger charge is 2.09. The fraction of sp³-hybridized carbons (Fsp3) is 0.214. The number of nitrogens with one attached hydrogen (secondary N) is 1. The molecular weight excluding hydrogens is 276 g/mol. The van der Waals surface area contributed by atoms with Gasteiger partial charge in [-0.25, -0.2) is 0 Å². The van der Waals surface area contributed by atoms with Gasteiger partial charge in [-0.1, -0.05) is 6.07 Å². The SMILES string of the molecule is COc1csc(C(=O)NCc2ccc(OC)c(N)c2)c1. The van der Waals surface area contributed by atoms with Gasteiger partial charge in [0.15, 0.2) is 0 Å². The van der Waals surface area contributed by atoms with Crippen LogP contribution in [-0.2, 0) is 6.54 Å². The molecule has 0 atom stereocenters. The quantitative estimate of drug-likeness (QED) is 0.829. The molecule has 0 aliphatic heterocycles. The first-order chi connectivity index (χ1) is 9.63. The molecule has 1 heterocycles. The second-order valence-electron chi connectivity index (χ2n) is 4.11. The molecule has 0 unspecified atom stereocenters. The third-order valence-corrected chi connectivity index (χ3v) is 3.69. The number of thiophene rings is 1. The number of carbonyl (C=O) groups excluding carboxylic acids is 1. The largest absolute Gasteiger partial charge is 0.496 e. The zero-order valence-corrected chi connectivity index (χ0v) is 12.1. The Morgan fingerprint density at radius 3 is 2.70 bits per heavy atom. The molecule has 20 heavy (non-hydrogen) atoms. The first-order valence-corrected chi connectivity index (χ1v) is 6.85. The number of amides is 1. The first-order valence-electron chi connectivity index (χ1n) is 5.97. The molecule has 1 aromatic heterocycles. The van der Waals surface area contributed by atoms with Gasteiger partial charge in [0.1, 0.15) is 11.5 Å². The van der Waals surface area contributed by atoms with E-state index in [4.69, 9.17) is 15.2 Å². The van der Waals surface area contributed by atoms with Crippen molar-refractivity contribution in [2.24, 2.45) is 0 Å². The van der Waals surface area contributed by atoms with E-state index < -0.39 is 0 Å². The summed E-state index contributed by atoms with van der Waals surface area (Å²) in [6.07, 6.45) is 0. The molecule has 106 valence electrons. The third-order valence-electron chi connectivity index (χ3n) is 2.78. The highest BCUT2D eigenvalue weighted by molar-refractivity contribution is 7.12. The lowest BCUT2D eigenvalue weighted by Crippen LogP contribution is -2.21. The average molecular weight is 292 g/mol. The van der Waals surface area contributed by atoms with Gasteiger partial charge in [0.2, 0.25) is 0 Å². The smallest absolute Gasteiger partial charge is 0.261 e. The fourth-order valence-electron chi connectivity index (χ4n) is 1.71. The van der Waals surface area contributed by atoms with Crippen molar-refractivity contribution in [3.63, 3.8) is 0 Å². The van der Waals surface area contributed by atoms with Gasteiger partial charge in [-0.3, -0.25) is 4.79 Å². The summed E-state index contributed by atoms with van der Waals surface area (Å²) in [4.78, 5) is 12.6. The monoisotopic (exact) mass is 292 g/mol. The number of nitrogens with two attached hydrogens (primary N) is 1. The molecule has 0 aliphatic carbocycles. The summed E-state index contributed by atoms with van der Waals surface area (Å²) in [7, 11) is 3.14. The Bertz CT molecular complexity index is 610. The van der Waals surface area contributed by atoms with Crippen LogP contribution in [0.15, 0.2) is 29.6 Å². The topological polar surface area (TPSA) is 73.6 Å². The second kappa shape index (κ2) is 6.29. The number of anilines is 1. The van der Waals surface area contributed by atoms with Crippen LogP contribution in [0.25, 0.3) is 0 Å². The van der Waals surface area contributed by atoms with E-state index >= 15 is 0 Å². The number of nitrogen functional groups attached to an aromatic ring is 1. The van der Waals surface area contributed by atoms with Gasteiger partial charge >= 0.3 is 0 Å². The summed E-state index contributed by atoms with van der Waals surface area (Å²) in [6, 6.07) is 7.14. The normalized spacial score (nSPS) is 10.1. The van der Waals surface area contributed by atoms with Crippen molar-refractivity contribution < 1.29 is 14.3 Å². The van der Waals surface area contributed by atoms with Gasteiger partial charge in [-0.05, 0) is 17.7 Å². The number of ether oxygens (including phenoxy) is 2. The van der Waals surface area contributed by atoms with Crippen molar-refractivity contribution in [3.05, 3.63) is 40.1 Å². The van der Waals surface area contributed by atoms with Crippen molar-refractivity contribution in [2.75, 3.05) is 20.0 Å². The van der Waals surface area contributed by atoms with E-state index in [1.165, 1.54) is 11.3 Å². The van der Waals surface area contributed by atoms with Crippen molar-refractivity contribution in [1.82, 2.24) is 5.32 Å². The number of rotatable bonds is 5. The molecule has 0 saturated carbocycles. The lowest BCUT2D eigenvalue weighted by atomic mass is 10.2. The summed E-state index contributed by atoms with van der Waals surface area (Å²) < 4.78 is 10.1. The summed E-state index contributed by atoms with van der Waals surface area (Å²) in [5.74, 6) is 1.18. The Hall–Kier alpha value is -2.21. The van der Waals surface area contributed by atoms with Crippen LogP contribution in [0.1, 0.15) is 15.2 Å². The lowest BCUT2D eigenvalue weighted by Gasteiger charge is -2.08. The number of hydrogen-bond acceptors (Lipinski definition) is 5. The van der Waals surface area contributed by atoms with Crippen LogP contribution in [-0.4, -0.2) is 20.1 Å². The molecule has 0 saturated heterocycles. The van der Waals surface area contributed by atoms with Crippen molar-refractivity contribution in [1.29, 1.82) is 0 Å². The Kier molecular flexibility index (Phi) is 4.47. The summed E-state index contributed by atoms with van der Waals surface area (Å²) in [6.45, 7) is 0.410. The Balaban J connectivity index is 1.97. The van der Waals surface area contributed by atoms with Gasteiger partial charge < -0.3 is 20.5 Å². The molecule has 6 heteroatoms. The Morgan fingerprint density at radius 2 is 2.10 bits per heavy atom. The van der Waals surface area contributed by atoms with E-state index in [0.29, 0.717) is 28.6 Å². The standard InChI is InChI=1S/C14H16N2O3S/c1-18-10-6-13(20-8-10)14(17)16-7-9-3-4-12(19-2)11(15)5-9/h3-6,8H,7,15H2,1-2H3,(H,16,17). The average Bonchev–Trinajstić information content (AvgIpc) is 2.94. The number of benzene rings is 1. The van der Waals surface area contributed by atoms with E-state index in [1.54, 1.807) is 37.8 Å². The lowest BCUT2D eigenvalue weighted by molar-refractivity contribution is 0.0954. The minimum atomic E-state index is -0.132. The van der Waals surface area contributed by atoms with Crippen molar-refractivity contribution >= 4 is 22.9 Å². The third kappa shape index (κ3) is 3.21. The molecule has 2 aromatic rings. The van der Waals surface area contributed by atoms with Crippen LogP contribution in [0, 0.1) is 0 Å². The predicted molar refractivity (Wildman–Crippen MR) is 79.4 cm³/mol. The zero-order valence-electron chi connectivity index (χ0n) is 11.3. The molecule has 0 spiro atoms. The molecule has 2 rings (SSSR count). The van der Waals surface area contributed by atoms with Crippen LogP contribution in [0.5, 0.6) is 11.5 Å². The van der Waals surface area contributed by atoms with Crippen LogP contribution in [0.2, 0.25) is 0 Å². The predicted octanol–water partition coefficient (Wildman–Crippen LogP) is 2.28. The minimum Gasteiger partial charge on any atom is -0.496 e. The maximum absolute atomic E-state index is 11.9. The van der Waals surface area contributed by atoms with E-state index in [1.807, 2.05) is 6.07 Å². The maximum Gasteiger partial charge on any atom is 0.261 e. The van der Waals surface area contributed by atoms with Gasteiger partial charge in [-0.2, -0.15) is 0 Å². The van der Waals surface area contributed by atoms with Crippen LogP contribution in [0.3, 0.4) is 0 Å². The van der Waals surface area contributed by atoms with Gasteiger partial charge in [0.05, 0.1) is 24.8 Å². The van der Waals surface area contributed by atoms with Crippen LogP contribution >= 0.6 is 11.3 Å². The zero-order chi connectivity index (χ0) is 14.5. The maximum atomic E-state index is 11.9. The van der Waals surface area contributed by atoms with Crippen molar-refractivity contribution in [2.45, 2.75) is 6.54 Å². The molecule has 1 aromatic carbocycles. The summed E-state index contributed by atoms with van der Waals surface area (Å²) >= 11 is 1.34. The molecular formula is C14H16N2O3S. The fourth-order valence-corrected chi connectivity index (χ4v) is 2.48. The van der Waals surface area contributed by atoms with E-state index in [-0.39, 0.29) is 5.91 Å². The molecule has 3 N–H and O–H groups in total. The molecule has 1 amide bonds. The molecule has 0 fully saturated rings. The van der Waals surface area contributed by atoms with Gasteiger partial charge in [0, 0.05) is 18.0 Å². The van der Waals surface area contributed by atoms with E-state index in [9.17, 15) is 4.79 Å². The number of methoxy groups -OCH3 is 2. The Morgan fingerprint density at radius 1 is 1.30 bits per heavy atom. The van der Waals surface area contributed by atoms with Crippen molar-refractivity contribution in [3.8, 4) is 11.5 Å². The minimum absolute atomic E-state index is 0.132. The molecule has 0 bridgehead atoms. The number of hydrogen-bond donors (Lipinski definition) is 2. The van der Waals surface area contributed by atoms with Crippen LogP contribution < -0.4 is 20.5 Å². The van der Waals surface area contributed by atoms with Gasteiger partial charge in [-0.15, -0.1) is 11.3 Å². The van der Waals surface area contributed by atoms with Crippen LogP contribution in [0.4, 0.5) is 5.69 Å². The van der Waals surface area contributed by atoms with E-state index in [0.717, 1.165) is 5.56 Å². The van der Waals surface area contributed by atoms with Gasteiger partial charge in [0.25, 0.3) is 5.91 Å². The molecule has 0 radical (unpaired) electrons. The summed E-state index contributed by atoms with van der Waals surface area (Å²) in [5, 5.41) is 4.63. The summed E-state index contributed by atoms with van der Waals surface area (Å²) in [5.41, 5.74) is 7.29. The molecule has 0 aliphatic rings.